The Bertz CT molecular complexity index is 699. The van der Waals surface area contributed by atoms with Crippen molar-refractivity contribution in [3.63, 3.8) is 0 Å². The van der Waals surface area contributed by atoms with E-state index in [-0.39, 0.29) is 18.0 Å². The molecule has 0 aromatic heterocycles. The Morgan fingerprint density at radius 2 is 1.78 bits per heavy atom. The maximum Gasteiger partial charge on any atom is 0.432 e. The molecule has 0 bridgehead atoms. The van der Waals surface area contributed by atoms with Gasteiger partial charge in [-0.15, -0.1) is 0 Å². The standard InChI is InChI=1S/C17H22F3NO6/c1-6-26-13(22)16(24,17(18,19)20)10-7-8-11(12(9-10)25-5)21-14(23)27-15(2,3)4/h7-9,24H,6H2,1-5H3,(H,21,23). The summed E-state index contributed by atoms with van der Waals surface area (Å²) in [5.74, 6) is -2.09. The number of nitrogens with one attached hydrogen (secondary N) is 1. The SMILES string of the molecule is CCOC(=O)C(O)(c1ccc(NC(=O)OC(C)(C)C)c(OC)c1)C(F)(F)F. The van der Waals surface area contributed by atoms with Crippen molar-refractivity contribution in [2.45, 2.75) is 45.1 Å². The van der Waals surface area contributed by atoms with Crippen LogP contribution >= 0.6 is 0 Å². The second kappa shape index (κ2) is 8.03. The molecule has 0 aliphatic heterocycles. The van der Waals surface area contributed by atoms with Crippen molar-refractivity contribution in [3.05, 3.63) is 23.8 Å². The summed E-state index contributed by atoms with van der Waals surface area (Å²) >= 11 is 0. The molecule has 10 heteroatoms. The van der Waals surface area contributed by atoms with E-state index in [0.717, 1.165) is 25.3 Å². The van der Waals surface area contributed by atoms with E-state index in [9.17, 15) is 27.9 Å². The van der Waals surface area contributed by atoms with Gasteiger partial charge in [0.1, 0.15) is 11.4 Å². The van der Waals surface area contributed by atoms with Crippen molar-refractivity contribution in [2.75, 3.05) is 19.0 Å². The summed E-state index contributed by atoms with van der Waals surface area (Å²) in [5.41, 5.74) is -5.51. The Morgan fingerprint density at radius 1 is 1.19 bits per heavy atom. The van der Waals surface area contributed by atoms with Crippen LogP contribution in [-0.4, -0.2) is 42.7 Å². The number of halogens is 3. The van der Waals surface area contributed by atoms with Crippen molar-refractivity contribution in [3.8, 4) is 5.75 Å². The molecule has 0 aliphatic carbocycles. The van der Waals surface area contributed by atoms with E-state index < -0.39 is 35.0 Å². The van der Waals surface area contributed by atoms with Gasteiger partial charge in [-0.2, -0.15) is 13.2 Å². The molecule has 1 atom stereocenters. The lowest BCUT2D eigenvalue weighted by molar-refractivity contribution is -0.267. The van der Waals surface area contributed by atoms with Gasteiger partial charge in [0, 0.05) is 5.56 Å². The van der Waals surface area contributed by atoms with E-state index in [4.69, 9.17) is 9.47 Å². The fraction of sp³-hybridized carbons (Fsp3) is 0.529. The van der Waals surface area contributed by atoms with Gasteiger partial charge in [-0.1, -0.05) is 6.07 Å². The minimum absolute atomic E-state index is 0.0103. The fourth-order valence-electron chi connectivity index (χ4n) is 2.07. The summed E-state index contributed by atoms with van der Waals surface area (Å²) in [5, 5.41) is 12.4. The molecule has 0 saturated carbocycles. The molecule has 1 rings (SSSR count). The Balaban J connectivity index is 3.31. The first-order valence-corrected chi connectivity index (χ1v) is 7.91. The zero-order valence-electron chi connectivity index (χ0n) is 15.6. The molecular formula is C17H22F3NO6. The Labute approximate surface area is 154 Å². The number of rotatable bonds is 5. The zero-order chi connectivity index (χ0) is 21.0. The van der Waals surface area contributed by atoms with Crippen LogP contribution < -0.4 is 10.1 Å². The molecule has 0 fully saturated rings. The average Bonchev–Trinajstić information content (AvgIpc) is 2.51. The first-order chi connectivity index (χ1) is 12.3. The van der Waals surface area contributed by atoms with Crippen LogP contribution in [0, 0.1) is 0 Å². The van der Waals surface area contributed by atoms with Crippen molar-refractivity contribution < 1.29 is 42.1 Å². The summed E-state index contributed by atoms with van der Waals surface area (Å²) in [6.45, 7) is 5.86. The van der Waals surface area contributed by atoms with E-state index in [1.54, 1.807) is 20.8 Å². The van der Waals surface area contributed by atoms with Crippen LogP contribution in [0.5, 0.6) is 5.75 Å². The van der Waals surface area contributed by atoms with E-state index in [1.807, 2.05) is 0 Å². The topological polar surface area (TPSA) is 94.1 Å². The second-order valence-corrected chi connectivity index (χ2v) is 6.47. The van der Waals surface area contributed by atoms with Gasteiger partial charge in [0.05, 0.1) is 19.4 Å². The number of alkyl halides is 3. The van der Waals surface area contributed by atoms with Crippen molar-refractivity contribution in [1.82, 2.24) is 0 Å². The highest BCUT2D eigenvalue weighted by Crippen LogP contribution is 2.42. The lowest BCUT2D eigenvalue weighted by Crippen LogP contribution is -2.50. The third-order valence-electron chi connectivity index (χ3n) is 3.24. The summed E-state index contributed by atoms with van der Waals surface area (Å²) in [6.07, 6.45) is -6.20. The summed E-state index contributed by atoms with van der Waals surface area (Å²) in [4.78, 5) is 23.6. The number of hydrogen-bond acceptors (Lipinski definition) is 6. The number of carbonyl (C=O) groups excluding carboxylic acids is 2. The predicted molar refractivity (Wildman–Crippen MR) is 89.4 cm³/mol. The summed E-state index contributed by atoms with van der Waals surface area (Å²) in [7, 11) is 1.15. The van der Waals surface area contributed by atoms with Crippen LogP contribution in [-0.2, 0) is 19.9 Å². The molecule has 1 unspecified atom stereocenters. The van der Waals surface area contributed by atoms with Crippen LogP contribution in [0.3, 0.4) is 0 Å². The van der Waals surface area contributed by atoms with Crippen molar-refractivity contribution in [2.24, 2.45) is 0 Å². The predicted octanol–water partition coefficient (Wildman–Crippen LogP) is 3.36. The van der Waals surface area contributed by atoms with Gasteiger partial charge in [0.2, 0.25) is 0 Å². The molecule has 27 heavy (non-hydrogen) atoms. The maximum absolute atomic E-state index is 13.4. The first kappa shape index (κ1) is 22.6. The molecule has 1 amide bonds. The van der Waals surface area contributed by atoms with Gasteiger partial charge in [-0.05, 0) is 39.8 Å². The van der Waals surface area contributed by atoms with Gasteiger partial charge in [-0.3, -0.25) is 5.32 Å². The Hall–Kier alpha value is -2.49. The smallest absolute Gasteiger partial charge is 0.432 e. The van der Waals surface area contributed by atoms with Gasteiger partial charge < -0.3 is 19.3 Å². The minimum Gasteiger partial charge on any atom is -0.495 e. The monoisotopic (exact) mass is 393 g/mol. The molecule has 0 radical (unpaired) electrons. The average molecular weight is 393 g/mol. The lowest BCUT2D eigenvalue weighted by Gasteiger charge is -2.29. The molecule has 1 aromatic carbocycles. The van der Waals surface area contributed by atoms with Crippen molar-refractivity contribution >= 4 is 17.7 Å². The number of methoxy groups -OCH3 is 1. The van der Waals surface area contributed by atoms with Crippen LogP contribution in [0.2, 0.25) is 0 Å². The number of amides is 1. The maximum atomic E-state index is 13.4. The molecule has 1 aromatic rings. The largest absolute Gasteiger partial charge is 0.495 e. The molecule has 0 aliphatic rings. The van der Waals surface area contributed by atoms with E-state index in [2.05, 4.69) is 10.1 Å². The van der Waals surface area contributed by atoms with Crippen LogP contribution in [0.1, 0.15) is 33.3 Å². The molecule has 7 nitrogen and oxygen atoms in total. The first-order valence-electron chi connectivity index (χ1n) is 7.91. The normalized spacial score (nSPS) is 14.1. The minimum atomic E-state index is -5.34. The van der Waals surface area contributed by atoms with Crippen LogP contribution in [0.15, 0.2) is 18.2 Å². The van der Waals surface area contributed by atoms with Crippen molar-refractivity contribution in [1.29, 1.82) is 0 Å². The highest BCUT2D eigenvalue weighted by Gasteiger charge is 2.62. The van der Waals surface area contributed by atoms with Gasteiger partial charge in [0.25, 0.3) is 5.60 Å². The van der Waals surface area contributed by atoms with E-state index in [0.29, 0.717) is 0 Å². The highest BCUT2D eigenvalue weighted by molar-refractivity contribution is 5.88. The Morgan fingerprint density at radius 3 is 2.22 bits per heavy atom. The van der Waals surface area contributed by atoms with E-state index in [1.165, 1.54) is 6.92 Å². The summed E-state index contributed by atoms with van der Waals surface area (Å²) < 4.78 is 54.6. The number of carbonyl (C=O) groups is 2. The molecule has 2 N–H and O–H groups in total. The van der Waals surface area contributed by atoms with Crippen LogP contribution in [0.4, 0.5) is 23.7 Å². The molecular weight excluding hydrogens is 371 g/mol. The quantitative estimate of drug-likeness (QED) is 0.745. The number of benzene rings is 1. The van der Waals surface area contributed by atoms with Gasteiger partial charge in [0.15, 0.2) is 0 Å². The number of hydrogen-bond donors (Lipinski definition) is 2. The third kappa shape index (κ3) is 5.25. The number of aliphatic hydroxyl groups is 1. The van der Waals surface area contributed by atoms with Gasteiger partial charge in [-0.25, -0.2) is 9.59 Å². The molecule has 0 heterocycles. The van der Waals surface area contributed by atoms with Gasteiger partial charge >= 0.3 is 18.2 Å². The van der Waals surface area contributed by atoms with E-state index >= 15 is 0 Å². The Kier molecular flexibility index (Phi) is 6.71. The summed E-state index contributed by atoms with van der Waals surface area (Å²) in [6, 6.07) is 2.67. The molecule has 152 valence electrons. The number of ether oxygens (including phenoxy) is 3. The molecule has 0 saturated heterocycles. The number of anilines is 1. The highest BCUT2D eigenvalue weighted by atomic mass is 19.4. The number of esters is 1. The second-order valence-electron chi connectivity index (χ2n) is 6.47. The van der Waals surface area contributed by atoms with Crippen LogP contribution in [0.25, 0.3) is 0 Å². The third-order valence-corrected chi connectivity index (χ3v) is 3.24. The zero-order valence-corrected chi connectivity index (χ0v) is 15.6. The lowest BCUT2D eigenvalue weighted by atomic mass is 9.92. The fourth-order valence-corrected chi connectivity index (χ4v) is 2.07. The molecule has 0 spiro atoms.